The fraction of sp³-hybridized carbons (Fsp3) is 0.436. The molecule has 3 aromatic carbocycles. The zero-order valence-corrected chi connectivity index (χ0v) is 28.9. The van der Waals surface area contributed by atoms with Crippen LogP contribution in [0.5, 0.6) is 5.75 Å². The molecule has 0 bridgehead atoms. The van der Waals surface area contributed by atoms with Crippen molar-refractivity contribution in [2.75, 3.05) is 0 Å². The van der Waals surface area contributed by atoms with Crippen molar-refractivity contribution < 1.29 is 23.9 Å². The SMILES string of the molecule is C=Cc1ccc(OC(C)=O)cc1.CC(CC(ON(C(c1ccccc1)C(C)C)C(C)(C)C)C(=O)OC(C)(C)C)c1ccccc1. The second kappa shape index (κ2) is 17.1. The summed E-state index contributed by atoms with van der Waals surface area (Å²) in [4.78, 5) is 30.5. The topological polar surface area (TPSA) is 65.1 Å². The van der Waals surface area contributed by atoms with Gasteiger partial charge in [-0.05, 0) is 88.6 Å². The highest BCUT2D eigenvalue weighted by Gasteiger charge is 2.38. The van der Waals surface area contributed by atoms with Crippen molar-refractivity contribution in [2.45, 2.75) is 105 Å². The second-order valence-electron chi connectivity index (χ2n) is 13.6. The zero-order chi connectivity index (χ0) is 33.8. The molecule has 0 saturated carbocycles. The summed E-state index contributed by atoms with van der Waals surface area (Å²) in [5.41, 5.74) is 2.44. The molecule has 244 valence electrons. The summed E-state index contributed by atoms with van der Waals surface area (Å²) in [7, 11) is 0. The summed E-state index contributed by atoms with van der Waals surface area (Å²) >= 11 is 0. The summed E-state index contributed by atoms with van der Waals surface area (Å²) in [6, 6.07) is 27.8. The number of nitrogens with zero attached hydrogens (tertiary/aromatic N) is 1. The number of hydroxylamine groups is 2. The van der Waals surface area contributed by atoms with E-state index in [4.69, 9.17) is 14.3 Å². The minimum absolute atomic E-state index is 0.0110. The van der Waals surface area contributed by atoms with Crippen LogP contribution in [0.15, 0.2) is 91.5 Å². The smallest absolute Gasteiger partial charge is 0.337 e. The van der Waals surface area contributed by atoms with Crippen LogP contribution in [0.25, 0.3) is 6.08 Å². The number of carbonyl (C=O) groups excluding carboxylic acids is 2. The van der Waals surface area contributed by atoms with E-state index in [1.807, 2.05) is 74.4 Å². The Bertz CT molecular complexity index is 1320. The maximum absolute atomic E-state index is 13.3. The van der Waals surface area contributed by atoms with E-state index in [-0.39, 0.29) is 35.4 Å². The Labute approximate surface area is 271 Å². The zero-order valence-electron chi connectivity index (χ0n) is 28.9. The molecule has 0 N–H and O–H groups in total. The summed E-state index contributed by atoms with van der Waals surface area (Å²) in [6.07, 6.45) is 1.55. The number of benzene rings is 3. The van der Waals surface area contributed by atoms with Crippen LogP contribution in [0.2, 0.25) is 0 Å². The van der Waals surface area contributed by atoms with E-state index in [2.05, 4.69) is 72.4 Å². The standard InChI is InChI=1S/C29H43NO3.C10H10O2/c1-21(2)26(24-18-14-11-15-19-24)30(28(4,5)6)33-25(27(31)32-29(7,8)9)20-22(3)23-16-12-10-13-17-23;1-3-9-4-6-10(7-5-9)12-8(2)11/h10-19,21-22,25-26H,20H2,1-9H3;3-7H,1H2,2H3. The van der Waals surface area contributed by atoms with Crippen molar-refractivity contribution in [3.05, 3.63) is 108 Å². The first-order chi connectivity index (χ1) is 21.0. The van der Waals surface area contributed by atoms with Gasteiger partial charge in [-0.3, -0.25) is 9.63 Å². The minimum atomic E-state index is -0.719. The Hall–Kier alpha value is -3.74. The van der Waals surface area contributed by atoms with Gasteiger partial charge >= 0.3 is 11.9 Å². The van der Waals surface area contributed by atoms with Crippen molar-refractivity contribution in [1.29, 1.82) is 0 Å². The van der Waals surface area contributed by atoms with Gasteiger partial charge in [0.1, 0.15) is 11.4 Å². The minimum Gasteiger partial charge on any atom is -0.458 e. The second-order valence-corrected chi connectivity index (χ2v) is 13.6. The third-order valence-electron chi connectivity index (χ3n) is 6.91. The van der Waals surface area contributed by atoms with Crippen LogP contribution in [0.1, 0.15) is 104 Å². The molecule has 6 nitrogen and oxygen atoms in total. The van der Waals surface area contributed by atoms with E-state index >= 15 is 0 Å². The largest absolute Gasteiger partial charge is 0.458 e. The van der Waals surface area contributed by atoms with Crippen LogP contribution < -0.4 is 4.74 Å². The molecule has 0 aliphatic rings. The quantitative estimate of drug-likeness (QED) is 0.122. The summed E-state index contributed by atoms with van der Waals surface area (Å²) in [6.45, 7) is 23.6. The van der Waals surface area contributed by atoms with Crippen molar-refractivity contribution in [3.63, 3.8) is 0 Å². The molecule has 0 spiro atoms. The van der Waals surface area contributed by atoms with E-state index in [1.165, 1.54) is 18.1 Å². The van der Waals surface area contributed by atoms with Gasteiger partial charge < -0.3 is 9.47 Å². The van der Waals surface area contributed by atoms with Crippen molar-refractivity contribution in [1.82, 2.24) is 5.06 Å². The number of ether oxygens (including phenoxy) is 2. The van der Waals surface area contributed by atoms with E-state index in [0.29, 0.717) is 12.2 Å². The van der Waals surface area contributed by atoms with Gasteiger partial charge in [0, 0.05) is 12.5 Å². The van der Waals surface area contributed by atoms with E-state index < -0.39 is 11.7 Å². The fourth-order valence-electron chi connectivity index (χ4n) is 4.85. The van der Waals surface area contributed by atoms with Crippen LogP contribution in [-0.4, -0.2) is 34.2 Å². The fourth-order valence-corrected chi connectivity index (χ4v) is 4.85. The average Bonchev–Trinajstić information content (AvgIpc) is 2.96. The number of hydrogen-bond acceptors (Lipinski definition) is 6. The Morgan fingerprint density at radius 1 is 0.800 bits per heavy atom. The molecule has 0 fully saturated rings. The lowest BCUT2D eigenvalue weighted by Gasteiger charge is -2.44. The molecular formula is C39H53NO5. The Morgan fingerprint density at radius 2 is 1.31 bits per heavy atom. The average molecular weight is 616 g/mol. The van der Waals surface area contributed by atoms with Crippen molar-refractivity contribution in [2.24, 2.45) is 5.92 Å². The molecular weight excluding hydrogens is 562 g/mol. The normalized spacial score (nSPS) is 13.7. The molecule has 3 aromatic rings. The summed E-state index contributed by atoms with van der Waals surface area (Å²) in [5.74, 6) is 0.349. The first kappa shape index (κ1) is 37.4. The van der Waals surface area contributed by atoms with Gasteiger partial charge in [-0.1, -0.05) is 106 Å². The van der Waals surface area contributed by atoms with Gasteiger partial charge in [0.05, 0.1) is 6.04 Å². The highest BCUT2D eigenvalue weighted by Crippen LogP contribution is 2.36. The van der Waals surface area contributed by atoms with Crippen LogP contribution in [0.4, 0.5) is 0 Å². The maximum atomic E-state index is 13.3. The molecule has 0 aromatic heterocycles. The Kier molecular flexibility index (Phi) is 14.2. The molecule has 0 amide bonds. The van der Waals surface area contributed by atoms with Gasteiger partial charge in [0.25, 0.3) is 0 Å². The monoisotopic (exact) mass is 615 g/mol. The van der Waals surface area contributed by atoms with E-state index in [0.717, 1.165) is 5.56 Å². The van der Waals surface area contributed by atoms with Gasteiger partial charge in [0.2, 0.25) is 0 Å². The molecule has 0 heterocycles. The maximum Gasteiger partial charge on any atom is 0.337 e. The molecule has 3 unspecified atom stereocenters. The van der Waals surface area contributed by atoms with E-state index in [1.54, 1.807) is 18.2 Å². The van der Waals surface area contributed by atoms with Crippen LogP contribution in [0, 0.1) is 5.92 Å². The number of rotatable bonds is 11. The van der Waals surface area contributed by atoms with Crippen LogP contribution in [0.3, 0.4) is 0 Å². The van der Waals surface area contributed by atoms with Crippen molar-refractivity contribution >= 4 is 18.0 Å². The summed E-state index contributed by atoms with van der Waals surface area (Å²) in [5, 5.41) is 2.01. The third-order valence-corrected chi connectivity index (χ3v) is 6.91. The highest BCUT2D eigenvalue weighted by atomic mass is 16.7. The first-order valence-corrected chi connectivity index (χ1v) is 15.7. The lowest BCUT2D eigenvalue weighted by molar-refractivity contribution is -0.277. The lowest BCUT2D eigenvalue weighted by Crippen LogP contribution is -2.49. The molecule has 3 atom stereocenters. The molecule has 0 radical (unpaired) electrons. The Balaban J connectivity index is 0.000000490. The van der Waals surface area contributed by atoms with Gasteiger partial charge in [-0.2, -0.15) is 5.06 Å². The third kappa shape index (κ3) is 13.0. The number of esters is 2. The number of hydrogen-bond donors (Lipinski definition) is 0. The molecule has 45 heavy (non-hydrogen) atoms. The predicted molar refractivity (Wildman–Crippen MR) is 184 cm³/mol. The lowest BCUT2D eigenvalue weighted by atomic mass is 9.92. The predicted octanol–water partition coefficient (Wildman–Crippen LogP) is 9.57. The van der Waals surface area contributed by atoms with Crippen molar-refractivity contribution in [3.8, 4) is 5.75 Å². The molecule has 0 aliphatic carbocycles. The molecule has 0 saturated heterocycles. The van der Waals surface area contributed by atoms with Crippen LogP contribution >= 0.6 is 0 Å². The van der Waals surface area contributed by atoms with Gasteiger partial charge in [-0.15, -0.1) is 0 Å². The first-order valence-electron chi connectivity index (χ1n) is 15.7. The summed E-state index contributed by atoms with van der Waals surface area (Å²) < 4.78 is 10.6. The van der Waals surface area contributed by atoms with Crippen LogP contribution in [-0.2, 0) is 19.2 Å². The van der Waals surface area contributed by atoms with Gasteiger partial charge in [-0.25, -0.2) is 4.79 Å². The van der Waals surface area contributed by atoms with Gasteiger partial charge in [0.15, 0.2) is 6.10 Å². The number of carbonyl (C=O) groups is 2. The highest BCUT2D eigenvalue weighted by molar-refractivity contribution is 5.75. The molecule has 0 aliphatic heterocycles. The van der Waals surface area contributed by atoms with E-state index in [9.17, 15) is 9.59 Å². The Morgan fingerprint density at radius 3 is 1.73 bits per heavy atom. The molecule has 3 rings (SSSR count). The molecule has 6 heteroatoms.